The van der Waals surface area contributed by atoms with Crippen LogP contribution < -0.4 is 4.74 Å². The summed E-state index contributed by atoms with van der Waals surface area (Å²) in [6.07, 6.45) is 0.635. The molecule has 0 saturated carbocycles. The number of esters is 1. The molecular formula is C19H17F2NO4. The molecule has 0 aliphatic heterocycles. The van der Waals surface area contributed by atoms with Gasteiger partial charge in [0.2, 0.25) is 0 Å². The van der Waals surface area contributed by atoms with Gasteiger partial charge in [0, 0.05) is 12.7 Å². The van der Waals surface area contributed by atoms with E-state index in [-0.39, 0.29) is 23.5 Å². The van der Waals surface area contributed by atoms with Gasteiger partial charge in [-0.05, 0) is 29.8 Å². The maximum atomic E-state index is 12.7. The molecule has 0 radical (unpaired) electrons. The quantitative estimate of drug-likeness (QED) is 0.425. The summed E-state index contributed by atoms with van der Waals surface area (Å²) < 4.78 is 40.0. The normalized spacial score (nSPS) is 12.7. The Hall–Kier alpha value is -2.98. The molecule has 7 heteroatoms. The first-order valence-electron chi connectivity index (χ1n) is 7.74. The predicted octanol–water partition coefficient (Wildman–Crippen LogP) is 3.93. The lowest BCUT2D eigenvalue weighted by Gasteiger charge is -2.13. The van der Waals surface area contributed by atoms with Crippen molar-refractivity contribution >= 4 is 22.8 Å². The Labute approximate surface area is 149 Å². The molecule has 2 rings (SSSR count). The lowest BCUT2D eigenvalue weighted by atomic mass is 10.0. The zero-order valence-corrected chi connectivity index (χ0v) is 14.2. The third-order valence-corrected chi connectivity index (χ3v) is 3.49. The first-order chi connectivity index (χ1) is 12.5. The molecule has 0 bridgehead atoms. The van der Waals surface area contributed by atoms with Crippen molar-refractivity contribution < 1.29 is 27.8 Å². The molecule has 0 amide bonds. The van der Waals surface area contributed by atoms with Gasteiger partial charge in [0.15, 0.2) is 0 Å². The van der Waals surface area contributed by atoms with Gasteiger partial charge in [0.1, 0.15) is 23.5 Å². The maximum Gasteiger partial charge on any atom is 0.387 e. The molecule has 0 aromatic heterocycles. The number of fused-ring (bicyclic) bond motifs is 1. The first-order valence-corrected chi connectivity index (χ1v) is 7.74. The molecular weight excluding hydrogens is 344 g/mol. The van der Waals surface area contributed by atoms with Crippen molar-refractivity contribution in [1.29, 1.82) is 5.26 Å². The highest BCUT2D eigenvalue weighted by Gasteiger charge is 2.18. The van der Waals surface area contributed by atoms with Crippen LogP contribution in [0.4, 0.5) is 8.78 Å². The summed E-state index contributed by atoms with van der Waals surface area (Å²) in [7, 11) is 1.45. The third-order valence-electron chi connectivity index (χ3n) is 3.49. The topological polar surface area (TPSA) is 68.5 Å². The largest absolute Gasteiger partial charge is 0.456 e. The summed E-state index contributed by atoms with van der Waals surface area (Å²) in [5.74, 6) is -1.00. The van der Waals surface area contributed by atoms with E-state index in [0.29, 0.717) is 5.39 Å². The zero-order valence-electron chi connectivity index (χ0n) is 14.2. The fraction of sp³-hybridized carbons (Fsp3) is 0.263. The molecule has 5 nitrogen and oxygen atoms in total. The molecule has 0 spiro atoms. The number of ether oxygens (including phenoxy) is 3. The van der Waals surface area contributed by atoms with Crippen LogP contribution >= 0.6 is 0 Å². The number of nitrogens with zero attached hydrogens (tertiary/aromatic N) is 1. The second-order valence-corrected chi connectivity index (χ2v) is 5.42. The molecule has 2 aromatic carbocycles. The molecule has 0 aliphatic carbocycles. The number of halogens is 2. The Morgan fingerprint density at radius 1 is 1.27 bits per heavy atom. The van der Waals surface area contributed by atoms with E-state index in [2.05, 4.69) is 4.74 Å². The lowest BCUT2D eigenvalue weighted by molar-refractivity contribution is -0.145. The van der Waals surface area contributed by atoms with E-state index in [1.165, 1.54) is 19.3 Å². The van der Waals surface area contributed by atoms with Crippen molar-refractivity contribution in [3.63, 3.8) is 0 Å². The Bertz CT molecular complexity index is 858. The lowest BCUT2D eigenvalue weighted by Crippen LogP contribution is -2.20. The molecule has 0 unspecified atom stereocenters. The fourth-order valence-corrected chi connectivity index (χ4v) is 2.42. The zero-order chi connectivity index (χ0) is 19.1. The number of methoxy groups -OCH3 is 1. The minimum absolute atomic E-state index is 0.135. The van der Waals surface area contributed by atoms with Crippen LogP contribution in [0.5, 0.6) is 5.75 Å². The van der Waals surface area contributed by atoms with Crippen molar-refractivity contribution in [3.05, 3.63) is 47.5 Å². The number of benzene rings is 2. The van der Waals surface area contributed by atoms with E-state index in [4.69, 9.17) is 9.47 Å². The van der Waals surface area contributed by atoms with Crippen molar-refractivity contribution in [2.75, 3.05) is 13.7 Å². The summed E-state index contributed by atoms with van der Waals surface area (Å²) in [6.45, 7) is -1.26. The number of hydrogen-bond donors (Lipinski definition) is 0. The summed E-state index contributed by atoms with van der Waals surface area (Å²) in [5.41, 5.74) is -0.125. The van der Waals surface area contributed by atoms with E-state index < -0.39 is 18.7 Å². The van der Waals surface area contributed by atoms with Gasteiger partial charge in [-0.3, -0.25) is 0 Å². The molecule has 0 aliphatic rings. The van der Waals surface area contributed by atoms with Crippen LogP contribution in [-0.2, 0) is 14.3 Å². The van der Waals surface area contributed by atoms with Gasteiger partial charge in [-0.25, -0.2) is 4.79 Å². The van der Waals surface area contributed by atoms with Crippen LogP contribution in [0.3, 0.4) is 0 Å². The fourth-order valence-electron chi connectivity index (χ4n) is 2.42. The van der Waals surface area contributed by atoms with Gasteiger partial charge in [0.25, 0.3) is 0 Å². The smallest absolute Gasteiger partial charge is 0.387 e. The Kier molecular flexibility index (Phi) is 6.64. The van der Waals surface area contributed by atoms with Crippen molar-refractivity contribution in [2.45, 2.75) is 19.6 Å². The van der Waals surface area contributed by atoms with Crippen molar-refractivity contribution in [1.82, 2.24) is 0 Å². The molecule has 2 aromatic rings. The van der Waals surface area contributed by atoms with Gasteiger partial charge >= 0.3 is 12.6 Å². The van der Waals surface area contributed by atoms with Gasteiger partial charge in [-0.2, -0.15) is 14.0 Å². The Morgan fingerprint density at radius 3 is 2.65 bits per heavy atom. The predicted molar refractivity (Wildman–Crippen MR) is 91.6 cm³/mol. The van der Waals surface area contributed by atoms with Gasteiger partial charge < -0.3 is 14.2 Å². The van der Waals surface area contributed by atoms with E-state index in [9.17, 15) is 18.8 Å². The summed E-state index contributed by atoms with van der Waals surface area (Å²) in [6, 6.07) is 11.7. The van der Waals surface area contributed by atoms with Gasteiger partial charge in [-0.1, -0.05) is 30.3 Å². The maximum absolute atomic E-state index is 12.7. The minimum atomic E-state index is -3.04. The molecule has 26 heavy (non-hydrogen) atoms. The highest BCUT2D eigenvalue weighted by molar-refractivity contribution is 6.02. The standard InChI is InChI=1S/C19H17F2NO4/c1-12(11-24-2)25-18(23)14(10-22)9-16-15-6-4-3-5-13(15)7-8-17(16)26-19(20)21/h3-9,12,19H,11H2,1-2H3/b14-9+/t12-/m0/s1. The van der Waals surface area contributed by atoms with Crippen LogP contribution in [0.15, 0.2) is 42.0 Å². The number of alkyl halides is 2. The number of rotatable bonds is 7. The van der Waals surface area contributed by atoms with E-state index in [1.807, 2.05) is 0 Å². The van der Waals surface area contributed by atoms with E-state index >= 15 is 0 Å². The molecule has 0 heterocycles. The Morgan fingerprint density at radius 2 is 2.00 bits per heavy atom. The minimum Gasteiger partial charge on any atom is -0.456 e. The van der Waals surface area contributed by atoms with Crippen molar-refractivity contribution in [3.8, 4) is 11.8 Å². The van der Waals surface area contributed by atoms with Crippen LogP contribution in [0.2, 0.25) is 0 Å². The first kappa shape index (κ1) is 19.3. The van der Waals surface area contributed by atoms with Crippen LogP contribution in [-0.4, -0.2) is 32.4 Å². The SMILES string of the molecule is COC[C@H](C)OC(=O)/C(C#N)=C/c1c(OC(F)F)ccc2ccccc12. The number of hydrogen-bond acceptors (Lipinski definition) is 5. The summed E-state index contributed by atoms with van der Waals surface area (Å²) >= 11 is 0. The van der Waals surface area contributed by atoms with Crippen LogP contribution in [0.1, 0.15) is 12.5 Å². The van der Waals surface area contributed by atoms with E-state index in [0.717, 1.165) is 5.39 Å². The van der Waals surface area contributed by atoms with Crippen molar-refractivity contribution in [2.24, 2.45) is 0 Å². The average molecular weight is 361 g/mol. The van der Waals surface area contributed by atoms with Crippen LogP contribution in [0.25, 0.3) is 16.8 Å². The summed E-state index contributed by atoms with van der Waals surface area (Å²) in [5, 5.41) is 10.6. The Balaban J connectivity index is 2.49. The van der Waals surface area contributed by atoms with Gasteiger partial charge in [-0.15, -0.1) is 0 Å². The second-order valence-electron chi connectivity index (χ2n) is 5.42. The molecule has 0 saturated heterocycles. The number of carbonyl (C=O) groups is 1. The molecule has 0 N–H and O–H groups in total. The number of nitriles is 1. The molecule has 136 valence electrons. The van der Waals surface area contributed by atoms with E-state index in [1.54, 1.807) is 43.3 Å². The molecule has 0 fully saturated rings. The summed E-state index contributed by atoms with van der Waals surface area (Å²) in [4.78, 5) is 12.2. The molecule has 1 atom stereocenters. The number of carbonyl (C=O) groups excluding carboxylic acids is 1. The highest BCUT2D eigenvalue weighted by Crippen LogP contribution is 2.31. The second kappa shape index (κ2) is 8.92. The third kappa shape index (κ3) is 4.77. The van der Waals surface area contributed by atoms with Gasteiger partial charge in [0.05, 0.1) is 6.61 Å². The highest BCUT2D eigenvalue weighted by atomic mass is 19.3. The monoisotopic (exact) mass is 361 g/mol. The average Bonchev–Trinajstić information content (AvgIpc) is 2.60. The van der Waals surface area contributed by atoms with Crippen LogP contribution in [0, 0.1) is 11.3 Å².